The highest BCUT2D eigenvalue weighted by Gasteiger charge is 2.29. The molecule has 1 aliphatic rings. The monoisotopic (exact) mass is 255 g/mol. The first-order valence-corrected chi connectivity index (χ1v) is 7.02. The van der Waals surface area contributed by atoms with Gasteiger partial charge in [-0.15, -0.1) is 0 Å². The van der Waals surface area contributed by atoms with Gasteiger partial charge in [0.05, 0.1) is 5.52 Å². The number of para-hydroxylation sites is 1. The molecule has 1 saturated heterocycles. The summed E-state index contributed by atoms with van der Waals surface area (Å²) >= 11 is 0. The van der Waals surface area contributed by atoms with Gasteiger partial charge in [0, 0.05) is 29.4 Å². The molecule has 1 fully saturated rings. The molecule has 2 aromatic rings. The largest absolute Gasteiger partial charge is 0.368 e. The normalized spacial score (nSPS) is 23.2. The molecule has 2 atom stereocenters. The second kappa shape index (κ2) is 4.82. The van der Waals surface area contributed by atoms with Crippen molar-refractivity contribution in [2.75, 3.05) is 18.0 Å². The van der Waals surface area contributed by atoms with Crippen LogP contribution in [0.15, 0.2) is 30.3 Å². The molecule has 3 heteroatoms. The Kier molecular flexibility index (Phi) is 3.15. The van der Waals surface area contributed by atoms with E-state index in [4.69, 9.17) is 5.73 Å². The van der Waals surface area contributed by atoms with Gasteiger partial charge in [0.25, 0.3) is 0 Å². The second-order valence-corrected chi connectivity index (χ2v) is 5.64. The quantitative estimate of drug-likeness (QED) is 0.897. The van der Waals surface area contributed by atoms with Crippen LogP contribution in [0.3, 0.4) is 0 Å². The molecule has 100 valence electrons. The lowest BCUT2D eigenvalue weighted by Crippen LogP contribution is -2.27. The fourth-order valence-electron chi connectivity index (χ4n) is 3.17. The summed E-state index contributed by atoms with van der Waals surface area (Å²) in [5.74, 6) is 0.613. The molecule has 2 N–H and O–H groups in total. The van der Waals surface area contributed by atoms with Crippen molar-refractivity contribution >= 4 is 16.6 Å². The molecular weight excluding hydrogens is 234 g/mol. The summed E-state index contributed by atoms with van der Waals surface area (Å²) in [5.41, 5.74) is 9.32. The Morgan fingerprint density at radius 1 is 1.37 bits per heavy atom. The van der Waals surface area contributed by atoms with Gasteiger partial charge in [-0.3, -0.25) is 4.98 Å². The number of rotatable bonds is 2. The average molecular weight is 255 g/mol. The van der Waals surface area contributed by atoms with Gasteiger partial charge in [-0.2, -0.15) is 0 Å². The van der Waals surface area contributed by atoms with Crippen LogP contribution in [0.1, 0.15) is 19.0 Å². The van der Waals surface area contributed by atoms with Crippen molar-refractivity contribution in [1.82, 2.24) is 4.98 Å². The van der Waals surface area contributed by atoms with Crippen molar-refractivity contribution in [3.63, 3.8) is 0 Å². The molecule has 0 saturated carbocycles. The number of anilines is 1. The Morgan fingerprint density at radius 3 is 2.89 bits per heavy atom. The van der Waals surface area contributed by atoms with E-state index in [9.17, 15) is 0 Å². The van der Waals surface area contributed by atoms with Gasteiger partial charge in [0.2, 0.25) is 0 Å². The molecule has 3 nitrogen and oxygen atoms in total. The van der Waals surface area contributed by atoms with E-state index >= 15 is 0 Å². The van der Waals surface area contributed by atoms with Crippen LogP contribution in [0.2, 0.25) is 0 Å². The Balaban J connectivity index is 2.09. The van der Waals surface area contributed by atoms with Gasteiger partial charge in [0.1, 0.15) is 0 Å². The van der Waals surface area contributed by atoms with E-state index in [-0.39, 0.29) is 0 Å². The van der Waals surface area contributed by atoms with Gasteiger partial charge in [-0.05, 0) is 44.9 Å². The number of benzene rings is 1. The standard InChI is InChI=1S/C16H21N3/c1-11-7-16(14-5-3-4-6-15(14)18-11)19-10-13(9-17)8-12(19)2/h3-7,12-13H,8-10,17H2,1-2H3. The van der Waals surface area contributed by atoms with E-state index in [1.807, 2.05) is 0 Å². The molecule has 1 aromatic heterocycles. The summed E-state index contributed by atoms with van der Waals surface area (Å²) in [5, 5.41) is 1.25. The van der Waals surface area contributed by atoms with Gasteiger partial charge in [-0.1, -0.05) is 18.2 Å². The van der Waals surface area contributed by atoms with Crippen LogP contribution in [-0.4, -0.2) is 24.1 Å². The molecule has 0 radical (unpaired) electrons. The minimum Gasteiger partial charge on any atom is -0.368 e. The number of hydrogen-bond donors (Lipinski definition) is 1. The van der Waals surface area contributed by atoms with E-state index < -0.39 is 0 Å². The lowest BCUT2D eigenvalue weighted by atomic mass is 10.1. The molecule has 1 aliphatic heterocycles. The number of nitrogens with two attached hydrogens (primary N) is 1. The maximum Gasteiger partial charge on any atom is 0.0726 e. The highest BCUT2D eigenvalue weighted by molar-refractivity contribution is 5.92. The third-order valence-electron chi connectivity index (χ3n) is 4.13. The molecule has 1 aromatic carbocycles. The summed E-state index contributed by atoms with van der Waals surface area (Å²) in [6, 6.07) is 11.2. The topological polar surface area (TPSA) is 42.1 Å². The van der Waals surface area contributed by atoms with Crippen molar-refractivity contribution in [2.24, 2.45) is 11.7 Å². The Hall–Kier alpha value is -1.61. The van der Waals surface area contributed by atoms with Crippen molar-refractivity contribution in [3.05, 3.63) is 36.0 Å². The second-order valence-electron chi connectivity index (χ2n) is 5.64. The highest BCUT2D eigenvalue weighted by Crippen LogP contribution is 2.33. The lowest BCUT2D eigenvalue weighted by molar-refractivity contribution is 0.579. The molecule has 3 rings (SSSR count). The summed E-state index contributed by atoms with van der Waals surface area (Å²) < 4.78 is 0. The van der Waals surface area contributed by atoms with Crippen LogP contribution in [0, 0.1) is 12.8 Å². The third kappa shape index (κ3) is 2.19. The first-order valence-electron chi connectivity index (χ1n) is 7.02. The molecule has 0 aliphatic carbocycles. The van der Waals surface area contributed by atoms with Gasteiger partial charge in [-0.25, -0.2) is 0 Å². The van der Waals surface area contributed by atoms with Crippen LogP contribution >= 0.6 is 0 Å². The minimum atomic E-state index is 0.554. The van der Waals surface area contributed by atoms with Crippen LogP contribution < -0.4 is 10.6 Å². The van der Waals surface area contributed by atoms with E-state index in [1.165, 1.54) is 17.5 Å². The Labute approximate surface area is 114 Å². The lowest BCUT2D eigenvalue weighted by Gasteiger charge is -2.25. The van der Waals surface area contributed by atoms with E-state index in [1.54, 1.807) is 0 Å². The summed E-state index contributed by atoms with van der Waals surface area (Å²) in [4.78, 5) is 7.12. The number of fused-ring (bicyclic) bond motifs is 1. The highest BCUT2D eigenvalue weighted by atomic mass is 15.2. The molecular formula is C16H21N3. The third-order valence-corrected chi connectivity index (χ3v) is 4.13. The SMILES string of the molecule is Cc1cc(N2CC(CN)CC2C)c2ccccc2n1. The summed E-state index contributed by atoms with van der Waals surface area (Å²) in [7, 11) is 0. The van der Waals surface area contributed by atoms with E-state index in [2.05, 4.69) is 54.1 Å². The predicted octanol–water partition coefficient (Wildman–Crippen LogP) is 2.72. The van der Waals surface area contributed by atoms with Gasteiger partial charge >= 0.3 is 0 Å². The number of pyridine rings is 1. The van der Waals surface area contributed by atoms with Gasteiger partial charge in [0.15, 0.2) is 0 Å². The van der Waals surface area contributed by atoms with E-state index in [0.29, 0.717) is 12.0 Å². The van der Waals surface area contributed by atoms with Gasteiger partial charge < -0.3 is 10.6 Å². The van der Waals surface area contributed by atoms with Crippen LogP contribution in [-0.2, 0) is 0 Å². The molecule has 19 heavy (non-hydrogen) atoms. The number of aryl methyl sites for hydroxylation is 1. The zero-order valence-electron chi connectivity index (χ0n) is 11.6. The number of aromatic nitrogens is 1. The predicted molar refractivity (Wildman–Crippen MR) is 80.4 cm³/mol. The van der Waals surface area contributed by atoms with E-state index in [0.717, 1.165) is 24.3 Å². The first-order chi connectivity index (χ1) is 9.19. The molecule has 0 amide bonds. The maximum atomic E-state index is 5.84. The summed E-state index contributed by atoms with van der Waals surface area (Å²) in [6.45, 7) is 6.20. The average Bonchev–Trinajstić information content (AvgIpc) is 2.79. The minimum absolute atomic E-state index is 0.554. The zero-order valence-corrected chi connectivity index (χ0v) is 11.6. The summed E-state index contributed by atoms with van der Waals surface area (Å²) in [6.07, 6.45) is 1.19. The Bertz CT molecular complexity index is 594. The Morgan fingerprint density at radius 2 is 2.16 bits per heavy atom. The zero-order chi connectivity index (χ0) is 13.4. The molecule has 0 spiro atoms. The number of nitrogens with zero attached hydrogens (tertiary/aromatic N) is 2. The molecule has 0 bridgehead atoms. The van der Waals surface area contributed by atoms with Crippen LogP contribution in [0.25, 0.3) is 10.9 Å². The van der Waals surface area contributed by atoms with Crippen LogP contribution in [0.4, 0.5) is 5.69 Å². The maximum absolute atomic E-state index is 5.84. The number of hydrogen-bond acceptors (Lipinski definition) is 3. The van der Waals surface area contributed by atoms with Crippen molar-refractivity contribution in [1.29, 1.82) is 0 Å². The fraction of sp³-hybridized carbons (Fsp3) is 0.438. The molecule has 2 unspecified atom stereocenters. The van der Waals surface area contributed by atoms with Crippen LogP contribution in [0.5, 0.6) is 0 Å². The first kappa shape index (κ1) is 12.4. The van der Waals surface area contributed by atoms with Crippen molar-refractivity contribution in [3.8, 4) is 0 Å². The smallest absolute Gasteiger partial charge is 0.0726 e. The fourth-order valence-corrected chi connectivity index (χ4v) is 3.17. The molecule has 2 heterocycles. The van der Waals surface area contributed by atoms with Crippen molar-refractivity contribution in [2.45, 2.75) is 26.3 Å². The van der Waals surface area contributed by atoms with Crippen molar-refractivity contribution < 1.29 is 0 Å².